The van der Waals surface area contributed by atoms with Crippen LogP contribution in [0.25, 0.3) is 0 Å². The molecular weight excluding hydrogens is 292 g/mol. The molecule has 2 aromatic carbocycles. The second-order valence-electron chi connectivity index (χ2n) is 5.60. The zero-order valence-corrected chi connectivity index (χ0v) is 13.2. The topological polar surface area (TPSA) is 55.1 Å². The van der Waals surface area contributed by atoms with Gasteiger partial charge in [-0.15, -0.1) is 11.8 Å². The lowest BCUT2D eigenvalue weighted by molar-refractivity contribution is -0.115. The summed E-state index contributed by atoms with van der Waals surface area (Å²) < 4.78 is 0. The lowest BCUT2D eigenvalue weighted by atomic mass is 9.88. The minimum absolute atomic E-state index is 0.286. The Bertz CT molecular complexity index is 672. The molecule has 22 heavy (non-hydrogen) atoms. The molecule has 4 heteroatoms. The van der Waals surface area contributed by atoms with Crippen molar-refractivity contribution in [2.45, 2.75) is 30.2 Å². The number of benzene rings is 2. The van der Waals surface area contributed by atoms with Crippen molar-refractivity contribution in [2.24, 2.45) is 5.73 Å². The molecule has 0 spiro atoms. The summed E-state index contributed by atoms with van der Waals surface area (Å²) in [5, 5.41) is 3.64. The zero-order chi connectivity index (χ0) is 15.4. The van der Waals surface area contributed by atoms with Crippen molar-refractivity contribution in [1.29, 1.82) is 0 Å². The van der Waals surface area contributed by atoms with Gasteiger partial charge in [0.2, 0.25) is 5.91 Å². The molecule has 0 aromatic heterocycles. The van der Waals surface area contributed by atoms with Crippen LogP contribution >= 0.6 is 11.8 Å². The molecule has 0 saturated carbocycles. The highest BCUT2D eigenvalue weighted by atomic mass is 32.2. The predicted molar refractivity (Wildman–Crippen MR) is 92.2 cm³/mol. The lowest BCUT2D eigenvalue weighted by Crippen LogP contribution is -2.27. The molecule has 0 radical (unpaired) electrons. The van der Waals surface area contributed by atoms with E-state index in [1.165, 1.54) is 22.9 Å². The Morgan fingerprint density at radius 2 is 1.86 bits per heavy atom. The summed E-state index contributed by atoms with van der Waals surface area (Å²) >= 11 is 1.49. The molecule has 0 fully saturated rings. The number of rotatable bonds is 5. The van der Waals surface area contributed by atoms with Crippen LogP contribution in [0.3, 0.4) is 0 Å². The first-order chi connectivity index (χ1) is 10.7. The summed E-state index contributed by atoms with van der Waals surface area (Å²) in [6.07, 6.45) is 3.29. The average molecular weight is 312 g/mol. The van der Waals surface area contributed by atoms with Crippen LogP contribution in [0.15, 0.2) is 53.4 Å². The van der Waals surface area contributed by atoms with E-state index < -0.39 is 0 Å². The number of hydrogen-bond donors (Lipinski definition) is 2. The van der Waals surface area contributed by atoms with Gasteiger partial charge < -0.3 is 11.1 Å². The molecule has 1 unspecified atom stereocenters. The molecule has 3 rings (SSSR count). The fourth-order valence-corrected chi connectivity index (χ4v) is 3.66. The summed E-state index contributed by atoms with van der Waals surface area (Å²) in [5.41, 5.74) is 9.25. The zero-order valence-electron chi connectivity index (χ0n) is 12.4. The quantitative estimate of drug-likeness (QED) is 0.833. The highest BCUT2D eigenvalue weighted by Gasteiger charge is 2.18. The molecule has 0 bridgehead atoms. The third-order valence-corrected chi connectivity index (χ3v) is 5.06. The second-order valence-corrected chi connectivity index (χ2v) is 6.62. The number of hydrogen-bond acceptors (Lipinski definition) is 3. The lowest BCUT2D eigenvalue weighted by Gasteiger charge is -2.27. The number of carbonyl (C=O) groups is 1. The number of anilines is 1. The third-order valence-electron chi connectivity index (χ3n) is 3.96. The molecule has 3 nitrogen and oxygen atoms in total. The van der Waals surface area contributed by atoms with Gasteiger partial charge in [-0.1, -0.05) is 36.4 Å². The Hall–Kier alpha value is -1.94. The van der Waals surface area contributed by atoms with E-state index in [0.29, 0.717) is 11.8 Å². The Kier molecular flexibility index (Phi) is 4.68. The molecule has 0 heterocycles. The summed E-state index contributed by atoms with van der Waals surface area (Å²) in [6.45, 7) is 0. The molecule has 0 aliphatic heterocycles. The first-order valence-electron chi connectivity index (χ1n) is 7.56. The van der Waals surface area contributed by atoms with Crippen LogP contribution in [0, 0.1) is 0 Å². The second kappa shape index (κ2) is 6.88. The highest BCUT2D eigenvalue weighted by Crippen LogP contribution is 2.30. The maximum atomic E-state index is 11.0. The molecule has 1 amide bonds. The molecule has 1 atom stereocenters. The van der Waals surface area contributed by atoms with Gasteiger partial charge in [-0.25, -0.2) is 0 Å². The van der Waals surface area contributed by atoms with Crippen molar-refractivity contribution in [1.82, 2.24) is 0 Å². The summed E-state index contributed by atoms with van der Waals surface area (Å²) in [7, 11) is 0. The maximum absolute atomic E-state index is 11.0. The van der Waals surface area contributed by atoms with E-state index in [2.05, 4.69) is 35.6 Å². The van der Waals surface area contributed by atoms with Gasteiger partial charge in [0.1, 0.15) is 0 Å². The van der Waals surface area contributed by atoms with E-state index in [1.807, 2.05) is 18.2 Å². The molecule has 2 aromatic rings. The fraction of sp³-hybridized carbons (Fsp3) is 0.278. The van der Waals surface area contributed by atoms with E-state index in [4.69, 9.17) is 5.73 Å². The summed E-state index contributed by atoms with van der Waals surface area (Å²) in [5.74, 6) is 0.0260. The van der Waals surface area contributed by atoms with Crippen molar-refractivity contribution in [3.8, 4) is 0 Å². The molecular formula is C18H20N2OS. The third kappa shape index (κ3) is 3.63. The first kappa shape index (κ1) is 15.0. The standard InChI is InChI=1S/C18H20N2OS/c19-18(21)12-22-17-8-4-3-7-16(17)20-15-10-9-13-5-1-2-6-14(13)11-15/h1-8,15,20H,9-12H2,(H2,19,21). The summed E-state index contributed by atoms with van der Waals surface area (Å²) in [6, 6.07) is 17.2. The fourth-order valence-electron chi connectivity index (χ4n) is 2.90. The van der Waals surface area contributed by atoms with E-state index in [0.717, 1.165) is 29.8 Å². The molecule has 114 valence electrons. The van der Waals surface area contributed by atoms with Crippen molar-refractivity contribution >= 4 is 23.4 Å². The van der Waals surface area contributed by atoms with Crippen LogP contribution in [0.2, 0.25) is 0 Å². The smallest absolute Gasteiger partial charge is 0.227 e. The van der Waals surface area contributed by atoms with Crippen LogP contribution in [0.5, 0.6) is 0 Å². The van der Waals surface area contributed by atoms with Crippen molar-refractivity contribution in [3.63, 3.8) is 0 Å². The van der Waals surface area contributed by atoms with Gasteiger partial charge in [-0.3, -0.25) is 4.79 Å². The molecule has 1 aliphatic rings. The van der Waals surface area contributed by atoms with Crippen LogP contribution < -0.4 is 11.1 Å². The van der Waals surface area contributed by atoms with E-state index >= 15 is 0 Å². The van der Waals surface area contributed by atoms with Gasteiger partial charge in [0, 0.05) is 16.6 Å². The number of thioether (sulfide) groups is 1. The van der Waals surface area contributed by atoms with Crippen molar-refractivity contribution < 1.29 is 4.79 Å². The number of amides is 1. The number of primary amides is 1. The van der Waals surface area contributed by atoms with E-state index in [1.54, 1.807) is 0 Å². The number of nitrogens with two attached hydrogens (primary N) is 1. The van der Waals surface area contributed by atoms with Crippen molar-refractivity contribution in [2.75, 3.05) is 11.1 Å². The van der Waals surface area contributed by atoms with E-state index in [-0.39, 0.29) is 5.91 Å². The van der Waals surface area contributed by atoms with Crippen molar-refractivity contribution in [3.05, 3.63) is 59.7 Å². The number of fused-ring (bicyclic) bond motifs is 1. The Balaban J connectivity index is 1.70. The molecule has 1 aliphatic carbocycles. The van der Waals surface area contributed by atoms with Crippen LogP contribution in [-0.4, -0.2) is 17.7 Å². The molecule has 0 saturated heterocycles. The Labute approximate surface area is 135 Å². The first-order valence-corrected chi connectivity index (χ1v) is 8.54. The Morgan fingerprint density at radius 3 is 2.68 bits per heavy atom. The van der Waals surface area contributed by atoms with Gasteiger partial charge in [0.25, 0.3) is 0 Å². The average Bonchev–Trinajstić information content (AvgIpc) is 2.54. The van der Waals surface area contributed by atoms with Crippen LogP contribution in [0.4, 0.5) is 5.69 Å². The SMILES string of the molecule is NC(=O)CSc1ccccc1NC1CCc2ccccc2C1. The van der Waals surface area contributed by atoms with Gasteiger partial charge >= 0.3 is 0 Å². The minimum atomic E-state index is -0.286. The number of aryl methyl sites for hydroxylation is 1. The number of nitrogens with one attached hydrogen (secondary N) is 1. The van der Waals surface area contributed by atoms with Gasteiger partial charge in [0.05, 0.1) is 5.75 Å². The van der Waals surface area contributed by atoms with Crippen LogP contribution in [-0.2, 0) is 17.6 Å². The summed E-state index contributed by atoms with van der Waals surface area (Å²) in [4.78, 5) is 12.1. The highest BCUT2D eigenvalue weighted by molar-refractivity contribution is 8.00. The predicted octanol–water partition coefficient (Wildman–Crippen LogP) is 3.23. The van der Waals surface area contributed by atoms with Gasteiger partial charge in [0.15, 0.2) is 0 Å². The normalized spacial score (nSPS) is 16.8. The number of carbonyl (C=O) groups excluding carboxylic acids is 1. The minimum Gasteiger partial charge on any atom is -0.381 e. The van der Waals surface area contributed by atoms with Gasteiger partial charge in [-0.2, -0.15) is 0 Å². The number of para-hydroxylation sites is 1. The largest absolute Gasteiger partial charge is 0.381 e. The maximum Gasteiger partial charge on any atom is 0.227 e. The van der Waals surface area contributed by atoms with E-state index in [9.17, 15) is 4.79 Å². The van der Waals surface area contributed by atoms with Gasteiger partial charge in [-0.05, 0) is 42.5 Å². The van der Waals surface area contributed by atoms with Crippen LogP contribution in [0.1, 0.15) is 17.5 Å². The Morgan fingerprint density at radius 1 is 1.14 bits per heavy atom. The monoisotopic (exact) mass is 312 g/mol. The molecule has 3 N–H and O–H groups in total.